The molecule has 3 heterocycles. The zero-order valence-electron chi connectivity index (χ0n) is 21.1. The van der Waals surface area contributed by atoms with E-state index in [2.05, 4.69) is 15.3 Å². The molecule has 198 valence electrons. The first-order valence-corrected chi connectivity index (χ1v) is 15.6. The van der Waals surface area contributed by atoms with Gasteiger partial charge in [-0.2, -0.15) is 5.10 Å². The van der Waals surface area contributed by atoms with Gasteiger partial charge in [0.05, 0.1) is 26.2 Å². The van der Waals surface area contributed by atoms with Gasteiger partial charge in [0.25, 0.3) is 5.91 Å². The molecule has 1 saturated heterocycles. The van der Waals surface area contributed by atoms with E-state index in [1.807, 2.05) is 36.4 Å². The molecule has 5 rings (SSSR count). The molecule has 0 spiro atoms. The number of nitrogens with one attached hydrogen (secondary N) is 1. The smallest absolute Gasteiger partial charge is 0.271 e. The summed E-state index contributed by atoms with van der Waals surface area (Å²) in [7, 11) is -3.32. The second-order valence-corrected chi connectivity index (χ2v) is 12.9. The third-order valence-electron chi connectivity index (χ3n) is 6.56. The highest BCUT2D eigenvalue weighted by atomic mass is 35.5. The summed E-state index contributed by atoms with van der Waals surface area (Å²) in [5, 5.41) is 8.16. The molecule has 0 bridgehead atoms. The van der Waals surface area contributed by atoms with Crippen LogP contribution in [0.3, 0.4) is 0 Å². The van der Waals surface area contributed by atoms with Crippen LogP contribution in [-0.2, 0) is 9.84 Å². The van der Waals surface area contributed by atoms with Crippen LogP contribution in [0.2, 0.25) is 5.02 Å². The van der Waals surface area contributed by atoms with E-state index in [1.54, 1.807) is 35.0 Å². The van der Waals surface area contributed by atoms with E-state index >= 15 is 0 Å². The maximum atomic E-state index is 13.0. The molecule has 0 radical (unpaired) electrons. The number of carbonyl (C=O) groups is 1. The van der Waals surface area contributed by atoms with Crippen molar-refractivity contribution < 1.29 is 13.2 Å². The van der Waals surface area contributed by atoms with Crippen LogP contribution in [0, 0.1) is 0 Å². The number of hydrogen-bond acceptors (Lipinski definition) is 6. The average molecular weight is 569 g/mol. The number of carbonyl (C=O) groups excluding carboxylic acids is 1. The number of nitrogens with zero attached hydrogens (tertiary/aromatic N) is 3. The van der Waals surface area contributed by atoms with Crippen molar-refractivity contribution in [3.63, 3.8) is 0 Å². The fourth-order valence-corrected chi connectivity index (χ4v) is 6.47. The molecule has 0 saturated carbocycles. The number of thiophene rings is 1. The van der Waals surface area contributed by atoms with Crippen molar-refractivity contribution in [2.24, 2.45) is 0 Å². The first-order chi connectivity index (χ1) is 18.3. The summed E-state index contributed by atoms with van der Waals surface area (Å²) in [5.74, 6) is -0.226. The third-order valence-corrected chi connectivity index (χ3v) is 9.15. The van der Waals surface area contributed by atoms with Crippen molar-refractivity contribution in [1.82, 2.24) is 20.0 Å². The number of aromatic nitrogens is 2. The Morgan fingerprint density at radius 2 is 1.79 bits per heavy atom. The highest BCUT2D eigenvalue weighted by Gasteiger charge is 2.20. The van der Waals surface area contributed by atoms with Gasteiger partial charge in [0.1, 0.15) is 0 Å². The van der Waals surface area contributed by atoms with E-state index in [0.717, 1.165) is 47.1 Å². The Morgan fingerprint density at radius 1 is 1.03 bits per heavy atom. The molecule has 38 heavy (non-hydrogen) atoms. The quantitative estimate of drug-likeness (QED) is 0.268. The Bertz CT molecular complexity index is 1560. The molecular formula is C28H29ClN4O3S2. The van der Waals surface area contributed by atoms with Crippen molar-refractivity contribution in [2.45, 2.75) is 24.2 Å². The van der Waals surface area contributed by atoms with Crippen LogP contribution in [0.25, 0.3) is 26.7 Å². The summed E-state index contributed by atoms with van der Waals surface area (Å²) in [6.45, 7) is 3.85. The lowest BCUT2D eigenvalue weighted by Crippen LogP contribution is -2.29. The summed E-state index contributed by atoms with van der Waals surface area (Å²) >= 11 is 8.01. The summed E-state index contributed by atoms with van der Waals surface area (Å²) in [5.41, 5.74) is 2.53. The van der Waals surface area contributed by atoms with Crippen molar-refractivity contribution >= 4 is 38.7 Å². The predicted molar refractivity (Wildman–Crippen MR) is 153 cm³/mol. The highest BCUT2D eigenvalue weighted by molar-refractivity contribution is 7.90. The third kappa shape index (κ3) is 6.02. The molecular weight excluding hydrogens is 540 g/mol. The highest BCUT2D eigenvalue weighted by Crippen LogP contribution is 2.37. The van der Waals surface area contributed by atoms with Crippen molar-refractivity contribution in [1.29, 1.82) is 0 Å². The second-order valence-electron chi connectivity index (χ2n) is 9.40. The van der Waals surface area contributed by atoms with Gasteiger partial charge in [0.15, 0.2) is 15.5 Å². The maximum absolute atomic E-state index is 13.0. The minimum Gasteiger partial charge on any atom is -0.351 e. The van der Waals surface area contributed by atoms with Crippen LogP contribution in [0.1, 0.15) is 29.8 Å². The molecule has 2 aromatic carbocycles. The van der Waals surface area contributed by atoms with Gasteiger partial charge in [0.2, 0.25) is 0 Å². The van der Waals surface area contributed by atoms with Crippen molar-refractivity contribution in [2.75, 3.05) is 32.4 Å². The molecule has 1 aliphatic rings. The number of halogens is 1. The molecule has 2 aromatic heterocycles. The number of para-hydroxylation sites is 1. The van der Waals surface area contributed by atoms with Crippen LogP contribution in [0.15, 0.2) is 71.6 Å². The van der Waals surface area contributed by atoms with Gasteiger partial charge in [-0.3, -0.25) is 4.79 Å². The predicted octanol–water partition coefficient (Wildman–Crippen LogP) is 5.54. The molecule has 10 heteroatoms. The van der Waals surface area contributed by atoms with E-state index in [4.69, 9.17) is 11.6 Å². The van der Waals surface area contributed by atoms with Crippen LogP contribution < -0.4 is 5.32 Å². The van der Waals surface area contributed by atoms with Gasteiger partial charge in [0, 0.05) is 17.7 Å². The molecule has 0 aliphatic carbocycles. The topological polar surface area (TPSA) is 84.3 Å². The van der Waals surface area contributed by atoms with Gasteiger partial charge < -0.3 is 10.2 Å². The maximum Gasteiger partial charge on any atom is 0.271 e. The van der Waals surface area contributed by atoms with Crippen molar-refractivity contribution in [3.05, 3.63) is 77.4 Å². The van der Waals surface area contributed by atoms with E-state index in [0.29, 0.717) is 22.9 Å². The number of amides is 1. The number of hydrogen-bond donors (Lipinski definition) is 1. The lowest BCUT2D eigenvalue weighted by Gasteiger charge is -2.13. The Kier molecular flexibility index (Phi) is 7.99. The first kappa shape index (κ1) is 26.6. The van der Waals surface area contributed by atoms with E-state index < -0.39 is 9.84 Å². The minimum atomic E-state index is -3.32. The number of benzene rings is 2. The standard InChI is InChI=1S/C28H29ClN4O3S2/c1-38(35,36)21-9-6-8-20(18-21)26-12-13-27(37-26)25-19-23(31-33(25)24-11-3-2-10-22(24)29)28(34)30-14-7-17-32-15-4-5-16-32/h2-3,6,8-13,18-19H,4-5,7,14-17H2,1H3,(H,30,34). The molecule has 0 unspecified atom stereocenters. The second kappa shape index (κ2) is 11.4. The number of rotatable bonds is 9. The van der Waals surface area contributed by atoms with Crippen LogP contribution in [0.5, 0.6) is 0 Å². The van der Waals surface area contributed by atoms with E-state index in [1.165, 1.54) is 30.4 Å². The van der Waals surface area contributed by atoms with Crippen molar-refractivity contribution in [3.8, 4) is 26.7 Å². The van der Waals surface area contributed by atoms with Gasteiger partial charge >= 0.3 is 0 Å². The van der Waals surface area contributed by atoms with Crippen LogP contribution in [-0.4, -0.2) is 61.4 Å². The van der Waals surface area contributed by atoms with Gasteiger partial charge in [-0.15, -0.1) is 11.3 Å². The summed E-state index contributed by atoms with van der Waals surface area (Å²) in [4.78, 5) is 17.5. The lowest BCUT2D eigenvalue weighted by atomic mass is 10.2. The largest absolute Gasteiger partial charge is 0.351 e. The Morgan fingerprint density at radius 3 is 2.55 bits per heavy atom. The zero-order chi connectivity index (χ0) is 26.7. The average Bonchev–Trinajstić information content (AvgIpc) is 3.67. The van der Waals surface area contributed by atoms with Gasteiger partial charge in [-0.1, -0.05) is 35.9 Å². The zero-order valence-corrected chi connectivity index (χ0v) is 23.5. The fourth-order valence-electron chi connectivity index (χ4n) is 4.59. The molecule has 7 nitrogen and oxygen atoms in total. The van der Waals surface area contributed by atoms with Gasteiger partial charge in [-0.25, -0.2) is 13.1 Å². The molecule has 1 fully saturated rings. The summed E-state index contributed by atoms with van der Waals surface area (Å²) in [6.07, 6.45) is 4.60. The van der Waals surface area contributed by atoms with Crippen LogP contribution >= 0.6 is 22.9 Å². The molecule has 1 aliphatic heterocycles. The Balaban J connectivity index is 1.42. The minimum absolute atomic E-state index is 0.226. The Hall–Kier alpha value is -2.98. The van der Waals surface area contributed by atoms with E-state index in [-0.39, 0.29) is 10.8 Å². The lowest BCUT2D eigenvalue weighted by molar-refractivity contribution is 0.0946. The SMILES string of the molecule is CS(=O)(=O)c1cccc(-c2ccc(-c3cc(C(=O)NCCCN4CCCC4)nn3-c3ccccc3Cl)s2)c1. The number of sulfone groups is 1. The first-order valence-electron chi connectivity index (χ1n) is 12.6. The summed E-state index contributed by atoms with van der Waals surface area (Å²) < 4.78 is 25.8. The summed E-state index contributed by atoms with van der Waals surface area (Å²) in [6, 6.07) is 20.0. The molecule has 4 aromatic rings. The van der Waals surface area contributed by atoms with Crippen LogP contribution in [0.4, 0.5) is 0 Å². The fraction of sp³-hybridized carbons (Fsp3) is 0.286. The Labute approximate surface area is 232 Å². The van der Waals surface area contributed by atoms with E-state index in [9.17, 15) is 13.2 Å². The molecule has 0 atom stereocenters. The number of likely N-dealkylation sites (tertiary alicyclic amines) is 1. The molecule has 1 N–H and O–H groups in total. The van der Waals surface area contributed by atoms with Gasteiger partial charge in [-0.05, 0) is 86.9 Å². The monoisotopic (exact) mass is 568 g/mol. The normalized spacial score (nSPS) is 14.2. The molecule has 1 amide bonds.